The molecule has 0 saturated heterocycles. The molecule has 0 aliphatic heterocycles. The van der Waals surface area contributed by atoms with Gasteiger partial charge < -0.3 is 5.32 Å². The minimum atomic E-state index is -7.31. The lowest BCUT2D eigenvalue weighted by Crippen LogP contribution is -2.62. The van der Waals surface area contributed by atoms with Gasteiger partial charge >= 0.3 is 30.2 Å². The smallest absolute Gasteiger partial charge is 0.318 e. The molecule has 0 fully saturated rings. The second kappa shape index (κ2) is 7.78. The largest absolute Gasteiger partial charge is 0.462 e. The summed E-state index contributed by atoms with van der Waals surface area (Å²) in [6.45, 7) is 0. The molecule has 0 heterocycles. The molecule has 0 aliphatic rings. The summed E-state index contributed by atoms with van der Waals surface area (Å²) in [4.78, 5) is 11.6. The quantitative estimate of drug-likeness (QED) is 0.454. The number of anilines is 1. The normalized spacial score (nSPS) is 15.8. The first kappa shape index (κ1) is 25.8. The zero-order valence-corrected chi connectivity index (χ0v) is 15.0. The fourth-order valence-corrected chi connectivity index (χ4v) is 2.41. The topological polar surface area (TPSA) is 38.3 Å². The van der Waals surface area contributed by atoms with Gasteiger partial charge in [0.05, 0.1) is 15.7 Å². The fraction of sp³-hybridized carbons (Fsp3) is 0.417. The van der Waals surface area contributed by atoms with Crippen molar-refractivity contribution >= 4 is 46.4 Å². The van der Waals surface area contributed by atoms with Gasteiger partial charge in [0.2, 0.25) is 0 Å². The first-order valence-electron chi connectivity index (χ1n) is 6.41. The number of alkyl halides is 11. The van der Waals surface area contributed by atoms with E-state index in [4.69, 9.17) is 34.8 Å². The molecule has 29 heavy (non-hydrogen) atoms. The van der Waals surface area contributed by atoms with Crippen molar-refractivity contribution in [2.75, 3.05) is 5.32 Å². The minimum absolute atomic E-state index is 0.257. The molecule has 0 bridgehead atoms. The Balaban J connectivity index is 3.41. The minimum Gasteiger partial charge on any atom is -0.318 e. The average Bonchev–Trinajstić information content (AvgIpc) is 2.47. The van der Waals surface area contributed by atoms with Gasteiger partial charge in [-0.05, 0) is 12.1 Å². The molecule has 1 atom stereocenters. The van der Waals surface area contributed by atoms with E-state index in [1.807, 2.05) is 0 Å². The van der Waals surface area contributed by atoms with Crippen LogP contribution in [0.2, 0.25) is 15.1 Å². The molecule has 1 aromatic rings. The van der Waals surface area contributed by atoms with E-state index in [9.17, 15) is 53.1 Å². The molecule has 17 heteroatoms. The molecule has 0 aliphatic carbocycles. The number of hydrogen-bond acceptors (Lipinski definition) is 2. The summed E-state index contributed by atoms with van der Waals surface area (Å²) in [6.07, 6.45) is -21.2. The van der Waals surface area contributed by atoms with Gasteiger partial charge in [0.1, 0.15) is 0 Å². The molecular formula is C12H3Cl3F11NO2. The van der Waals surface area contributed by atoms with Crippen molar-refractivity contribution in [3.8, 4) is 0 Å². The molecule has 0 radical (unpaired) electrons. The molecule has 166 valence electrons. The molecule has 0 spiro atoms. The first-order chi connectivity index (χ1) is 12.7. The lowest BCUT2D eigenvalue weighted by atomic mass is 10.2. The van der Waals surface area contributed by atoms with E-state index in [0.717, 1.165) is 17.4 Å². The molecule has 0 unspecified atom stereocenters. The van der Waals surface area contributed by atoms with Crippen molar-refractivity contribution in [2.45, 2.75) is 30.2 Å². The van der Waals surface area contributed by atoms with Crippen LogP contribution in [-0.2, 0) is 9.53 Å². The Bertz CT molecular complexity index is 773. The third-order valence-corrected chi connectivity index (χ3v) is 3.71. The van der Waals surface area contributed by atoms with Crippen LogP contribution in [0.4, 0.5) is 54.0 Å². The van der Waals surface area contributed by atoms with Crippen LogP contribution < -0.4 is 5.32 Å². The summed E-state index contributed by atoms with van der Waals surface area (Å²) in [7, 11) is 0. The molecular weight excluding hydrogens is 505 g/mol. The third kappa shape index (κ3) is 4.91. The molecule has 1 N–H and O–H groups in total. The maximum atomic E-state index is 14.1. The van der Waals surface area contributed by atoms with Crippen LogP contribution in [-0.4, -0.2) is 36.1 Å². The van der Waals surface area contributed by atoms with Crippen molar-refractivity contribution in [2.24, 2.45) is 0 Å². The van der Waals surface area contributed by atoms with Crippen LogP contribution in [0.3, 0.4) is 0 Å². The summed E-state index contributed by atoms with van der Waals surface area (Å²) < 4.78 is 143. The Hall–Kier alpha value is -1.25. The summed E-state index contributed by atoms with van der Waals surface area (Å²) in [6, 6.07) is 1.46. The molecule has 1 rings (SSSR count). The highest BCUT2D eigenvalue weighted by molar-refractivity contribution is 6.42. The highest BCUT2D eigenvalue weighted by atomic mass is 35.5. The van der Waals surface area contributed by atoms with Crippen molar-refractivity contribution in [1.82, 2.24) is 0 Å². The Labute approximate surface area is 167 Å². The van der Waals surface area contributed by atoms with Gasteiger partial charge in [-0.25, -0.2) is 0 Å². The lowest BCUT2D eigenvalue weighted by molar-refractivity contribution is -0.472. The van der Waals surface area contributed by atoms with E-state index in [1.165, 1.54) is 0 Å². The maximum absolute atomic E-state index is 14.1. The van der Waals surface area contributed by atoms with E-state index < -0.39 is 51.9 Å². The average molecular weight is 508 g/mol. The highest BCUT2D eigenvalue weighted by Gasteiger charge is 2.79. The van der Waals surface area contributed by atoms with Crippen LogP contribution in [0.25, 0.3) is 0 Å². The Kier molecular flexibility index (Phi) is 6.92. The standard InChI is InChI=1S/C12H3Cl3F11NO2/c13-3-1-4(14)6(5(15)2-3)27-7(28)8(16,10(19,20)21)29-12(25,26)9(17,18)11(22,23)24/h1-2H,(H,27,28)/t8-/m0/s1. The molecule has 3 nitrogen and oxygen atoms in total. The van der Waals surface area contributed by atoms with Crippen LogP contribution in [0.1, 0.15) is 0 Å². The van der Waals surface area contributed by atoms with E-state index in [2.05, 4.69) is 4.74 Å². The fourth-order valence-electron chi connectivity index (χ4n) is 1.49. The number of amides is 1. The van der Waals surface area contributed by atoms with Gasteiger partial charge in [0.25, 0.3) is 5.91 Å². The lowest BCUT2D eigenvalue weighted by Gasteiger charge is -2.34. The number of nitrogens with one attached hydrogen (secondary N) is 1. The highest BCUT2D eigenvalue weighted by Crippen LogP contribution is 2.51. The number of hydrogen-bond donors (Lipinski definition) is 1. The van der Waals surface area contributed by atoms with E-state index >= 15 is 0 Å². The number of carbonyl (C=O) groups excluding carboxylic acids is 1. The van der Waals surface area contributed by atoms with Gasteiger partial charge in [-0.3, -0.25) is 9.53 Å². The monoisotopic (exact) mass is 507 g/mol. The van der Waals surface area contributed by atoms with Crippen molar-refractivity contribution in [3.05, 3.63) is 27.2 Å². The number of carbonyl (C=O) groups is 1. The van der Waals surface area contributed by atoms with Gasteiger partial charge in [-0.1, -0.05) is 34.8 Å². The number of rotatable bonds is 5. The van der Waals surface area contributed by atoms with Gasteiger partial charge in [-0.15, -0.1) is 0 Å². The van der Waals surface area contributed by atoms with Gasteiger partial charge in [-0.2, -0.15) is 48.3 Å². The summed E-state index contributed by atoms with van der Waals surface area (Å²) in [5.41, 5.74) is -1.07. The van der Waals surface area contributed by atoms with Crippen LogP contribution >= 0.6 is 34.8 Å². The summed E-state index contributed by atoms with van der Waals surface area (Å²) in [5.74, 6) is -17.0. The number of benzene rings is 1. The zero-order chi connectivity index (χ0) is 23.2. The van der Waals surface area contributed by atoms with E-state index in [0.29, 0.717) is 0 Å². The second-order valence-electron chi connectivity index (χ2n) is 4.98. The van der Waals surface area contributed by atoms with Crippen LogP contribution in [0, 0.1) is 0 Å². The Morgan fingerprint density at radius 1 is 0.793 bits per heavy atom. The molecule has 0 saturated carbocycles. The van der Waals surface area contributed by atoms with Crippen LogP contribution in [0.5, 0.6) is 0 Å². The predicted molar refractivity (Wildman–Crippen MR) is 77.0 cm³/mol. The third-order valence-electron chi connectivity index (χ3n) is 2.89. The van der Waals surface area contributed by atoms with Gasteiger partial charge in [0, 0.05) is 5.02 Å². The van der Waals surface area contributed by atoms with Crippen molar-refractivity contribution in [1.29, 1.82) is 0 Å². The molecule has 1 aromatic carbocycles. The Morgan fingerprint density at radius 3 is 1.55 bits per heavy atom. The van der Waals surface area contributed by atoms with Gasteiger partial charge in [0.15, 0.2) is 0 Å². The zero-order valence-electron chi connectivity index (χ0n) is 12.8. The molecule has 1 amide bonds. The Morgan fingerprint density at radius 2 is 1.21 bits per heavy atom. The number of ether oxygens (including phenoxy) is 1. The SMILES string of the molecule is O=C(Nc1c(Cl)cc(Cl)cc1Cl)[C@](F)(OC(F)(F)C(F)(F)C(F)(F)F)C(F)(F)F. The van der Waals surface area contributed by atoms with Crippen LogP contribution in [0.15, 0.2) is 12.1 Å². The van der Waals surface area contributed by atoms with Crippen molar-refractivity contribution in [3.63, 3.8) is 0 Å². The molecule has 0 aromatic heterocycles. The van der Waals surface area contributed by atoms with E-state index in [1.54, 1.807) is 0 Å². The van der Waals surface area contributed by atoms with Crippen molar-refractivity contribution < 1.29 is 57.8 Å². The number of halogens is 14. The van der Waals surface area contributed by atoms with E-state index in [-0.39, 0.29) is 5.02 Å². The predicted octanol–water partition coefficient (Wildman–Crippen LogP) is 6.62. The maximum Gasteiger partial charge on any atom is 0.462 e. The second-order valence-corrected chi connectivity index (χ2v) is 6.23. The summed E-state index contributed by atoms with van der Waals surface area (Å²) in [5, 5.41) is -0.873. The first-order valence-corrected chi connectivity index (χ1v) is 7.55. The summed E-state index contributed by atoms with van der Waals surface area (Å²) >= 11 is 16.4.